The van der Waals surface area contributed by atoms with Crippen LogP contribution in [0.25, 0.3) is 0 Å². The van der Waals surface area contributed by atoms with Crippen LogP contribution in [0.3, 0.4) is 0 Å². The molecule has 344 valence electrons. The minimum absolute atomic E-state index is 0.142. The van der Waals surface area contributed by atoms with Gasteiger partial charge in [0.1, 0.15) is 48.8 Å². The largest absolute Gasteiger partial charge is 0.374 e. The van der Waals surface area contributed by atoms with Crippen molar-refractivity contribution >= 4 is 0 Å². The third kappa shape index (κ3) is 12.1. The van der Waals surface area contributed by atoms with E-state index in [0.717, 1.165) is 33.4 Å². The van der Waals surface area contributed by atoms with E-state index >= 15 is 0 Å². The second-order valence-corrected chi connectivity index (χ2v) is 16.6. The van der Waals surface area contributed by atoms with E-state index < -0.39 is 67.7 Å². The molecule has 3 fully saturated rings. The van der Waals surface area contributed by atoms with Crippen LogP contribution in [-0.4, -0.2) is 81.7 Å². The summed E-state index contributed by atoms with van der Waals surface area (Å²) < 4.78 is 74.6. The van der Waals surface area contributed by atoms with Crippen LogP contribution < -0.4 is 0 Å². The van der Waals surface area contributed by atoms with Crippen molar-refractivity contribution in [2.75, 3.05) is 20.3 Å². The molecule has 0 spiro atoms. The summed E-state index contributed by atoms with van der Waals surface area (Å²) in [6.45, 7) is 1.80. The summed E-state index contributed by atoms with van der Waals surface area (Å²) in [5.41, 5.74) is 5.86. The lowest BCUT2D eigenvalue weighted by Crippen LogP contribution is -2.67. The third-order valence-corrected chi connectivity index (χ3v) is 12.0. The highest BCUT2D eigenvalue weighted by Gasteiger charge is 2.56. The van der Waals surface area contributed by atoms with Crippen LogP contribution in [0, 0.1) is 0 Å². The summed E-state index contributed by atoms with van der Waals surface area (Å²) in [6.07, 6.45) is -8.22. The van der Waals surface area contributed by atoms with Gasteiger partial charge in [-0.15, -0.1) is 0 Å². The number of hydrogen-bond donors (Lipinski definition) is 0. The van der Waals surface area contributed by atoms with Gasteiger partial charge in [0.2, 0.25) is 0 Å². The first-order valence-electron chi connectivity index (χ1n) is 22.7. The smallest absolute Gasteiger partial charge is 0.187 e. The molecule has 6 aromatic carbocycles. The maximum Gasteiger partial charge on any atom is 0.187 e. The highest BCUT2D eigenvalue weighted by atomic mass is 16.8. The third-order valence-electron chi connectivity index (χ3n) is 12.0. The minimum atomic E-state index is -1.03. The molecule has 3 aliphatic rings. The van der Waals surface area contributed by atoms with Crippen LogP contribution in [0.2, 0.25) is 0 Å². The van der Waals surface area contributed by atoms with Gasteiger partial charge in [0.05, 0.1) is 46.2 Å². The predicted molar refractivity (Wildman–Crippen MR) is 245 cm³/mol. The predicted octanol–water partition coefficient (Wildman–Crippen LogP) is 9.14. The van der Waals surface area contributed by atoms with Crippen LogP contribution >= 0.6 is 0 Å². The van der Waals surface area contributed by atoms with Crippen molar-refractivity contribution in [2.24, 2.45) is 0 Å². The fourth-order valence-corrected chi connectivity index (χ4v) is 8.62. The molecular weight excluding hydrogens is 837 g/mol. The average molecular weight is 895 g/mol. The topological polar surface area (TPSA) is 102 Å². The number of fused-ring (bicyclic) bond motifs is 1. The van der Waals surface area contributed by atoms with Gasteiger partial charge in [-0.2, -0.15) is 0 Å². The summed E-state index contributed by atoms with van der Waals surface area (Å²) in [5.74, 6) is 0. The van der Waals surface area contributed by atoms with Crippen LogP contribution in [0.5, 0.6) is 0 Å². The molecule has 66 heavy (non-hydrogen) atoms. The van der Waals surface area contributed by atoms with Gasteiger partial charge in [0.25, 0.3) is 0 Å². The Morgan fingerprint density at radius 3 is 1.33 bits per heavy atom. The van der Waals surface area contributed by atoms with Crippen molar-refractivity contribution < 1.29 is 52.1 Å². The van der Waals surface area contributed by atoms with E-state index in [1.54, 1.807) is 7.11 Å². The van der Waals surface area contributed by atoms with Gasteiger partial charge >= 0.3 is 0 Å². The Balaban J connectivity index is 1.08. The molecule has 0 bridgehead atoms. The zero-order valence-electron chi connectivity index (χ0n) is 37.1. The lowest BCUT2D eigenvalue weighted by Gasteiger charge is -2.51. The molecule has 11 nitrogen and oxygen atoms in total. The van der Waals surface area contributed by atoms with Gasteiger partial charge in [-0.3, -0.25) is 0 Å². The SMILES string of the molecule is CO[C@@H]1O[C@H](COCc2ccccc2)[C@@H](O[C@H]2O[C@@H]3CO[C@@H](c4ccccc4)O[C@H]3[C@H](OCc3ccccc3)[C@H]2OCc2ccccc2)[C@H](OCc2ccccc2)[C@H]1OCc1ccccc1. The standard InChI is InChI=1S/C55H58O11/c1-56-54-51(60-35-42-26-14-5-15-27-42)49(58-33-40-22-10-3-11-23-40)47(45(63-54)37-57-32-39-20-8-2-9-21-39)66-55-52(61-36-43-28-16-6-17-29-43)50(59-34-41-24-12-4-13-25-41)48-46(64-55)38-62-53(65-48)44-30-18-7-19-31-44/h2-31,45-55H,32-38H2,1H3/t45-,46-,47-,48-,49+,50+,51-,52-,53-,54-,55-/m1/s1. The van der Waals surface area contributed by atoms with E-state index in [9.17, 15) is 0 Å². The Kier molecular flexibility index (Phi) is 16.4. The van der Waals surface area contributed by atoms with E-state index in [0.29, 0.717) is 13.2 Å². The molecule has 0 amide bonds. The number of benzene rings is 6. The molecule has 3 aliphatic heterocycles. The lowest BCUT2D eigenvalue weighted by atomic mass is 9.95. The van der Waals surface area contributed by atoms with Gasteiger partial charge in [0.15, 0.2) is 18.9 Å². The molecule has 11 atom stereocenters. The molecule has 0 aromatic heterocycles. The Morgan fingerprint density at radius 1 is 0.424 bits per heavy atom. The maximum atomic E-state index is 7.36. The normalized spacial score (nSPS) is 27.5. The van der Waals surface area contributed by atoms with Crippen LogP contribution in [0.15, 0.2) is 182 Å². The average Bonchev–Trinajstić information content (AvgIpc) is 3.38. The van der Waals surface area contributed by atoms with E-state index in [-0.39, 0.29) is 33.0 Å². The first kappa shape index (κ1) is 46.0. The number of methoxy groups -OCH3 is 1. The summed E-state index contributed by atoms with van der Waals surface area (Å²) in [6, 6.07) is 60.0. The lowest BCUT2D eigenvalue weighted by molar-refractivity contribution is -0.397. The van der Waals surface area contributed by atoms with Gasteiger partial charge in [-0.05, 0) is 27.8 Å². The summed E-state index contributed by atoms with van der Waals surface area (Å²) in [5, 5.41) is 0. The highest BCUT2D eigenvalue weighted by molar-refractivity contribution is 5.19. The first-order chi connectivity index (χ1) is 32.7. The van der Waals surface area contributed by atoms with Gasteiger partial charge in [-0.25, -0.2) is 0 Å². The number of ether oxygens (including phenoxy) is 11. The number of hydrogen-bond acceptors (Lipinski definition) is 11. The van der Waals surface area contributed by atoms with Gasteiger partial charge in [-0.1, -0.05) is 182 Å². The molecule has 3 heterocycles. The molecule has 9 rings (SSSR count). The van der Waals surface area contributed by atoms with Crippen LogP contribution in [-0.2, 0) is 85.1 Å². The van der Waals surface area contributed by atoms with Crippen molar-refractivity contribution in [3.05, 3.63) is 215 Å². The van der Waals surface area contributed by atoms with Crippen molar-refractivity contribution in [1.82, 2.24) is 0 Å². The van der Waals surface area contributed by atoms with Crippen molar-refractivity contribution in [2.45, 2.75) is 101 Å². The molecular formula is C55H58O11. The van der Waals surface area contributed by atoms with Gasteiger partial charge in [0, 0.05) is 12.7 Å². The molecule has 0 N–H and O–H groups in total. The quantitative estimate of drug-likeness (QED) is 0.0734. The zero-order valence-corrected chi connectivity index (χ0v) is 37.1. The van der Waals surface area contributed by atoms with E-state index in [2.05, 4.69) is 0 Å². The Hall–Kier alpha value is -5.12. The molecule has 11 heteroatoms. The van der Waals surface area contributed by atoms with Crippen molar-refractivity contribution in [3.63, 3.8) is 0 Å². The monoisotopic (exact) mass is 894 g/mol. The fraction of sp³-hybridized carbons (Fsp3) is 0.345. The van der Waals surface area contributed by atoms with E-state index in [4.69, 9.17) is 52.1 Å². The van der Waals surface area contributed by atoms with Crippen LogP contribution in [0.1, 0.15) is 39.7 Å². The number of rotatable bonds is 20. The van der Waals surface area contributed by atoms with E-state index in [1.165, 1.54) is 0 Å². The second-order valence-electron chi connectivity index (χ2n) is 16.6. The van der Waals surface area contributed by atoms with Crippen molar-refractivity contribution in [3.8, 4) is 0 Å². The molecule has 6 aromatic rings. The highest BCUT2D eigenvalue weighted by Crippen LogP contribution is 2.40. The second kappa shape index (κ2) is 23.6. The Labute approximate surface area is 387 Å². The fourth-order valence-electron chi connectivity index (χ4n) is 8.62. The summed E-state index contributed by atoms with van der Waals surface area (Å²) in [4.78, 5) is 0. The van der Waals surface area contributed by atoms with Crippen LogP contribution in [0.4, 0.5) is 0 Å². The molecule has 0 radical (unpaired) electrons. The molecule has 3 saturated heterocycles. The molecule has 0 aliphatic carbocycles. The molecule has 0 saturated carbocycles. The Morgan fingerprint density at radius 2 is 0.848 bits per heavy atom. The Bertz CT molecular complexity index is 2280. The van der Waals surface area contributed by atoms with E-state index in [1.807, 2.05) is 182 Å². The van der Waals surface area contributed by atoms with Crippen molar-refractivity contribution in [1.29, 1.82) is 0 Å². The first-order valence-corrected chi connectivity index (χ1v) is 22.7. The summed E-state index contributed by atoms with van der Waals surface area (Å²) >= 11 is 0. The summed E-state index contributed by atoms with van der Waals surface area (Å²) in [7, 11) is 1.61. The van der Waals surface area contributed by atoms with Gasteiger partial charge < -0.3 is 52.1 Å². The maximum absolute atomic E-state index is 7.36. The zero-order chi connectivity index (χ0) is 44.8. The molecule has 0 unspecified atom stereocenters. The minimum Gasteiger partial charge on any atom is -0.374 e.